The molecule has 0 radical (unpaired) electrons. The maximum Gasteiger partial charge on any atom is 0.280 e. The van der Waals surface area contributed by atoms with Gasteiger partial charge in [0.1, 0.15) is 0 Å². The van der Waals surface area contributed by atoms with E-state index in [2.05, 4.69) is 4.98 Å². The van der Waals surface area contributed by atoms with E-state index in [1.54, 1.807) is 4.57 Å². The number of benzene rings is 1. The summed E-state index contributed by atoms with van der Waals surface area (Å²) in [4.78, 5) is 3.79. The van der Waals surface area contributed by atoms with Crippen LogP contribution in [0.25, 0.3) is 0 Å². The second-order valence-corrected chi connectivity index (χ2v) is 6.71. The molecule has 0 amide bonds. The van der Waals surface area contributed by atoms with E-state index in [-0.39, 0.29) is 5.03 Å². The van der Waals surface area contributed by atoms with Crippen LogP contribution in [0.5, 0.6) is 0 Å². The van der Waals surface area contributed by atoms with Crippen LogP contribution in [-0.4, -0.2) is 18.0 Å². The van der Waals surface area contributed by atoms with Crippen molar-refractivity contribution in [2.75, 3.05) is 0 Å². The molecule has 0 spiro atoms. The molecule has 0 atom stereocenters. The Morgan fingerprint density at radius 1 is 1.28 bits per heavy atom. The van der Waals surface area contributed by atoms with E-state index in [0.717, 1.165) is 5.56 Å². The zero-order chi connectivity index (χ0) is 13.3. The molecule has 0 saturated heterocycles. The number of aryl methyl sites for hydroxylation is 2. The number of imidazole rings is 1. The van der Waals surface area contributed by atoms with Crippen LogP contribution in [0.15, 0.2) is 35.7 Å². The number of nitrogens with zero attached hydrogens (tertiary/aromatic N) is 2. The molecule has 96 valence electrons. The summed E-state index contributed by atoms with van der Waals surface area (Å²) in [5.41, 5.74) is 3.49. The molecule has 0 N–H and O–H groups in total. The van der Waals surface area contributed by atoms with Crippen molar-refractivity contribution in [2.45, 2.75) is 25.4 Å². The second-order valence-electron chi connectivity index (χ2n) is 4.19. The van der Waals surface area contributed by atoms with Crippen LogP contribution in [0.1, 0.15) is 16.7 Å². The monoisotopic (exact) mass is 284 g/mol. The fourth-order valence-corrected chi connectivity index (χ4v) is 2.51. The Morgan fingerprint density at radius 2 is 1.89 bits per heavy atom. The highest BCUT2D eigenvalue weighted by Crippen LogP contribution is 2.17. The van der Waals surface area contributed by atoms with Gasteiger partial charge in [-0.1, -0.05) is 18.2 Å². The largest absolute Gasteiger partial charge is 0.332 e. The lowest BCUT2D eigenvalue weighted by molar-refractivity contribution is 0.606. The van der Waals surface area contributed by atoms with Crippen LogP contribution < -0.4 is 0 Å². The lowest BCUT2D eigenvalue weighted by Gasteiger charge is -2.09. The summed E-state index contributed by atoms with van der Waals surface area (Å²) in [7, 11) is 1.48. The van der Waals surface area contributed by atoms with Crippen LogP contribution in [0.4, 0.5) is 0 Å². The highest BCUT2D eigenvalue weighted by Gasteiger charge is 2.14. The van der Waals surface area contributed by atoms with Gasteiger partial charge in [-0.2, -0.15) is 0 Å². The van der Waals surface area contributed by atoms with Crippen molar-refractivity contribution in [1.82, 2.24) is 9.55 Å². The summed E-state index contributed by atoms with van der Waals surface area (Å²) >= 11 is 0. The normalized spacial score (nSPS) is 11.7. The average molecular weight is 285 g/mol. The minimum absolute atomic E-state index is 0.115. The third-order valence-electron chi connectivity index (χ3n) is 2.84. The number of halogens is 1. The van der Waals surface area contributed by atoms with E-state index in [4.69, 9.17) is 10.7 Å². The molecule has 2 rings (SSSR count). The second kappa shape index (κ2) is 4.74. The van der Waals surface area contributed by atoms with Crippen molar-refractivity contribution in [1.29, 1.82) is 0 Å². The van der Waals surface area contributed by atoms with Crippen molar-refractivity contribution in [3.05, 3.63) is 47.4 Å². The summed E-state index contributed by atoms with van der Waals surface area (Å²) < 4.78 is 24.0. The fourth-order valence-electron chi connectivity index (χ4n) is 1.83. The Morgan fingerprint density at radius 3 is 2.39 bits per heavy atom. The molecular formula is C12H13ClN2O2S. The van der Waals surface area contributed by atoms with E-state index >= 15 is 0 Å². The lowest BCUT2D eigenvalue weighted by Crippen LogP contribution is -2.01. The first-order valence-corrected chi connectivity index (χ1v) is 7.70. The first kappa shape index (κ1) is 13.1. The Kier molecular flexibility index (Phi) is 3.45. The van der Waals surface area contributed by atoms with Gasteiger partial charge in [-0.3, -0.25) is 0 Å². The number of rotatable bonds is 3. The van der Waals surface area contributed by atoms with Gasteiger partial charge in [0.05, 0.1) is 6.33 Å². The molecule has 0 aliphatic rings. The molecule has 0 fully saturated rings. The maximum atomic E-state index is 11.1. The zero-order valence-electron chi connectivity index (χ0n) is 10.1. The highest BCUT2D eigenvalue weighted by atomic mass is 35.7. The number of hydrogen-bond acceptors (Lipinski definition) is 3. The molecule has 4 nitrogen and oxygen atoms in total. The SMILES string of the molecule is Cc1cccc(C)c1Cn1cnc(S(=O)(=O)Cl)c1. The Balaban J connectivity index is 2.33. The minimum atomic E-state index is -3.75. The Hall–Kier alpha value is -1.33. The average Bonchev–Trinajstić information content (AvgIpc) is 2.72. The smallest absolute Gasteiger partial charge is 0.280 e. The lowest BCUT2D eigenvalue weighted by atomic mass is 10.0. The summed E-state index contributed by atoms with van der Waals surface area (Å²) in [6.45, 7) is 4.63. The first-order chi connectivity index (χ1) is 8.38. The van der Waals surface area contributed by atoms with Gasteiger partial charge in [-0.05, 0) is 30.5 Å². The fraction of sp³-hybridized carbons (Fsp3) is 0.250. The maximum absolute atomic E-state index is 11.1. The van der Waals surface area contributed by atoms with E-state index in [1.165, 1.54) is 23.7 Å². The number of aromatic nitrogens is 2. The van der Waals surface area contributed by atoms with Gasteiger partial charge < -0.3 is 4.57 Å². The van der Waals surface area contributed by atoms with Gasteiger partial charge in [0.2, 0.25) is 0 Å². The number of hydrogen-bond donors (Lipinski definition) is 0. The predicted molar refractivity (Wildman–Crippen MR) is 70.3 cm³/mol. The third kappa shape index (κ3) is 2.73. The van der Waals surface area contributed by atoms with Crippen molar-refractivity contribution in [3.8, 4) is 0 Å². The van der Waals surface area contributed by atoms with Gasteiger partial charge >= 0.3 is 0 Å². The van der Waals surface area contributed by atoms with Crippen LogP contribution in [-0.2, 0) is 15.6 Å². The van der Waals surface area contributed by atoms with Crippen molar-refractivity contribution in [2.24, 2.45) is 0 Å². The summed E-state index contributed by atoms with van der Waals surface area (Å²) in [5.74, 6) is 0. The standard InChI is InChI=1S/C12H13ClN2O2S/c1-9-4-3-5-10(2)11(9)6-15-7-12(14-8-15)18(13,16)17/h3-5,7-8H,6H2,1-2H3. The van der Waals surface area contributed by atoms with Gasteiger partial charge in [0.15, 0.2) is 5.03 Å². The molecular weight excluding hydrogens is 272 g/mol. The molecule has 2 aromatic rings. The van der Waals surface area contributed by atoms with Gasteiger partial charge in [0, 0.05) is 23.4 Å². The molecule has 1 heterocycles. The van der Waals surface area contributed by atoms with E-state index in [9.17, 15) is 8.42 Å². The zero-order valence-corrected chi connectivity index (χ0v) is 11.7. The van der Waals surface area contributed by atoms with Crippen molar-refractivity contribution >= 4 is 19.7 Å². The summed E-state index contributed by atoms with van der Waals surface area (Å²) in [6, 6.07) is 6.05. The summed E-state index contributed by atoms with van der Waals surface area (Å²) in [6.07, 6.45) is 2.91. The third-order valence-corrected chi connectivity index (χ3v) is 4.03. The predicted octanol–water partition coefficient (Wildman–Crippen LogP) is 2.48. The molecule has 1 aromatic carbocycles. The van der Waals surface area contributed by atoms with Crippen LogP contribution in [0, 0.1) is 13.8 Å². The Bertz CT molecular complexity index is 657. The van der Waals surface area contributed by atoms with Crippen LogP contribution in [0.3, 0.4) is 0 Å². The molecule has 0 saturated carbocycles. The summed E-state index contributed by atoms with van der Waals surface area (Å²) in [5, 5.41) is -0.115. The van der Waals surface area contributed by atoms with Crippen LogP contribution in [0.2, 0.25) is 0 Å². The molecule has 0 bridgehead atoms. The molecule has 1 aromatic heterocycles. The molecule has 0 aliphatic carbocycles. The Labute approximate surface area is 111 Å². The van der Waals surface area contributed by atoms with E-state index in [0.29, 0.717) is 6.54 Å². The van der Waals surface area contributed by atoms with E-state index in [1.807, 2.05) is 32.0 Å². The van der Waals surface area contributed by atoms with Gasteiger partial charge in [-0.25, -0.2) is 13.4 Å². The van der Waals surface area contributed by atoms with Gasteiger partial charge in [0.25, 0.3) is 9.05 Å². The molecule has 0 unspecified atom stereocenters. The highest BCUT2D eigenvalue weighted by molar-refractivity contribution is 8.13. The van der Waals surface area contributed by atoms with Crippen molar-refractivity contribution in [3.63, 3.8) is 0 Å². The topological polar surface area (TPSA) is 52.0 Å². The van der Waals surface area contributed by atoms with Crippen molar-refractivity contribution < 1.29 is 8.42 Å². The van der Waals surface area contributed by atoms with Gasteiger partial charge in [-0.15, -0.1) is 0 Å². The molecule has 18 heavy (non-hydrogen) atoms. The quantitative estimate of drug-likeness (QED) is 0.814. The molecule has 6 heteroatoms. The minimum Gasteiger partial charge on any atom is -0.332 e. The van der Waals surface area contributed by atoms with Crippen LogP contribution >= 0.6 is 10.7 Å². The molecule has 0 aliphatic heterocycles. The van der Waals surface area contributed by atoms with E-state index < -0.39 is 9.05 Å². The first-order valence-electron chi connectivity index (χ1n) is 5.39.